The number of allylic oxidation sites excluding steroid dienone is 1. The van der Waals surface area contributed by atoms with Crippen molar-refractivity contribution in [2.45, 2.75) is 26.5 Å². The van der Waals surface area contributed by atoms with E-state index in [1.807, 2.05) is 31.2 Å². The lowest BCUT2D eigenvalue weighted by atomic mass is 10.0. The van der Waals surface area contributed by atoms with Crippen molar-refractivity contribution in [1.82, 2.24) is 0 Å². The van der Waals surface area contributed by atoms with Gasteiger partial charge in [-0.1, -0.05) is 66.7 Å². The van der Waals surface area contributed by atoms with Crippen molar-refractivity contribution < 1.29 is 9.47 Å². The van der Waals surface area contributed by atoms with E-state index in [2.05, 4.69) is 78.6 Å². The van der Waals surface area contributed by atoms with Crippen molar-refractivity contribution in [1.29, 1.82) is 0 Å². The van der Waals surface area contributed by atoms with Crippen LogP contribution in [-0.2, 0) is 19.6 Å². The largest absolute Gasteiger partial charge is 0.490 e. The average Bonchev–Trinajstić information content (AvgIpc) is 2.83. The average molecular weight is 424 g/mol. The predicted molar refractivity (Wildman–Crippen MR) is 134 cm³/mol. The molecule has 0 bridgehead atoms. The smallest absolute Gasteiger partial charge is 0.165 e. The van der Waals surface area contributed by atoms with Crippen molar-refractivity contribution in [2.24, 2.45) is 0 Å². The van der Waals surface area contributed by atoms with E-state index in [1.54, 1.807) is 0 Å². The van der Waals surface area contributed by atoms with Gasteiger partial charge in [-0.05, 0) is 59.5 Å². The van der Waals surface area contributed by atoms with Gasteiger partial charge < -0.3 is 14.8 Å². The van der Waals surface area contributed by atoms with E-state index in [4.69, 9.17) is 9.47 Å². The van der Waals surface area contributed by atoms with Gasteiger partial charge in [-0.15, -0.1) is 6.58 Å². The zero-order valence-electron chi connectivity index (χ0n) is 18.5. The van der Waals surface area contributed by atoms with E-state index in [0.29, 0.717) is 26.2 Å². The zero-order valence-corrected chi connectivity index (χ0v) is 18.5. The fourth-order valence-electron chi connectivity index (χ4n) is 3.89. The number of nitrogens with one attached hydrogen (secondary N) is 1. The Morgan fingerprint density at radius 2 is 1.62 bits per heavy atom. The Labute approximate surface area is 190 Å². The Kier molecular flexibility index (Phi) is 7.08. The molecule has 32 heavy (non-hydrogen) atoms. The third kappa shape index (κ3) is 5.12. The molecule has 1 N–H and O–H groups in total. The second kappa shape index (κ2) is 10.5. The van der Waals surface area contributed by atoms with E-state index in [0.717, 1.165) is 33.9 Å². The minimum absolute atomic E-state index is 0.479. The summed E-state index contributed by atoms with van der Waals surface area (Å²) >= 11 is 0. The molecule has 162 valence electrons. The van der Waals surface area contributed by atoms with Crippen LogP contribution in [0.2, 0.25) is 0 Å². The Bertz CT molecular complexity index is 1180. The fourth-order valence-corrected chi connectivity index (χ4v) is 3.89. The van der Waals surface area contributed by atoms with Gasteiger partial charge in [0.2, 0.25) is 0 Å². The highest BCUT2D eigenvalue weighted by Crippen LogP contribution is 2.35. The van der Waals surface area contributed by atoms with E-state index >= 15 is 0 Å². The molecule has 4 aromatic rings. The van der Waals surface area contributed by atoms with Gasteiger partial charge in [-0.25, -0.2) is 0 Å². The van der Waals surface area contributed by atoms with Gasteiger partial charge in [0.25, 0.3) is 0 Å². The van der Waals surface area contributed by atoms with E-state index in [1.165, 1.54) is 10.8 Å². The van der Waals surface area contributed by atoms with Gasteiger partial charge >= 0.3 is 0 Å². The lowest BCUT2D eigenvalue weighted by molar-refractivity contribution is 0.267. The van der Waals surface area contributed by atoms with Crippen molar-refractivity contribution in [3.8, 4) is 11.5 Å². The molecule has 4 aromatic carbocycles. The van der Waals surface area contributed by atoms with Gasteiger partial charge in [0.1, 0.15) is 6.61 Å². The summed E-state index contributed by atoms with van der Waals surface area (Å²) in [5.41, 5.74) is 4.47. The number of rotatable bonds is 10. The summed E-state index contributed by atoms with van der Waals surface area (Å²) < 4.78 is 12.4. The summed E-state index contributed by atoms with van der Waals surface area (Å²) in [5, 5.41) is 5.90. The van der Waals surface area contributed by atoms with E-state index in [9.17, 15) is 0 Å². The predicted octanol–water partition coefficient (Wildman–Crippen LogP) is 7.16. The minimum atomic E-state index is 0.479. The van der Waals surface area contributed by atoms with Crippen LogP contribution in [0.25, 0.3) is 10.8 Å². The molecule has 0 spiro atoms. The molecule has 3 heteroatoms. The number of ether oxygens (including phenoxy) is 2. The van der Waals surface area contributed by atoms with Crippen LogP contribution in [-0.4, -0.2) is 6.61 Å². The molecule has 0 atom stereocenters. The molecule has 0 aromatic heterocycles. The van der Waals surface area contributed by atoms with Crippen LogP contribution in [0.1, 0.15) is 23.6 Å². The van der Waals surface area contributed by atoms with Crippen LogP contribution < -0.4 is 14.8 Å². The molecule has 0 unspecified atom stereocenters. The number of para-hydroxylation sites is 1. The Morgan fingerprint density at radius 3 is 2.44 bits per heavy atom. The normalized spacial score (nSPS) is 10.7. The second-order valence-electron chi connectivity index (χ2n) is 7.65. The molecule has 0 saturated heterocycles. The molecule has 0 aliphatic heterocycles. The summed E-state index contributed by atoms with van der Waals surface area (Å²) in [6.07, 6.45) is 2.62. The summed E-state index contributed by atoms with van der Waals surface area (Å²) in [4.78, 5) is 0. The molecule has 0 heterocycles. The standard InChI is InChI=1S/C29H29NO2/c1-3-11-24-18-22(20-30-26-15-6-5-7-16-26)19-28(31-4-2)29(24)32-21-25-14-10-13-23-12-8-9-17-27(23)25/h3,5-10,12-19,30H,1,4,11,20-21H2,2H3. The number of benzene rings is 4. The molecular weight excluding hydrogens is 394 g/mol. The van der Waals surface area contributed by atoms with Crippen molar-refractivity contribution in [2.75, 3.05) is 11.9 Å². The third-order valence-corrected chi connectivity index (χ3v) is 5.38. The second-order valence-corrected chi connectivity index (χ2v) is 7.65. The zero-order chi connectivity index (χ0) is 22.2. The first kappa shape index (κ1) is 21.5. The molecule has 0 saturated carbocycles. The van der Waals surface area contributed by atoms with Gasteiger partial charge in [0.05, 0.1) is 6.61 Å². The van der Waals surface area contributed by atoms with Gasteiger partial charge in [0.15, 0.2) is 11.5 Å². The highest BCUT2D eigenvalue weighted by atomic mass is 16.5. The molecule has 4 rings (SSSR count). The molecule has 0 aliphatic rings. The Balaban J connectivity index is 1.61. The van der Waals surface area contributed by atoms with E-state index < -0.39 is 0 Å². The van der Waals surface area contributed by atoms with E-state index in [-0.39, 0.29) is 0 Å². The van der Waals surface area contributed by atoms with Crippen molar-refractivity contribution >= 4 is 16.5 Å². The van der Waals surface area contributed by atoms with Crippen LogP contribution in [0.3, 0.4) is 0 Å². The first-order valence-electron chi connectivity index (χ1n) is 11.1. The van der Waals surface area contributed by atoms with Gasteiger partial charge in [-0.2, -0.15) is 0 Å². The highest BCUT2D eigenvalue weighted by molar-refractivity contribution is 5.85. The lowest BCUT2D eigenvalue weighted by Crippen LogP contribution is -2.06. The van der Waals surface area contributed by atoms with Crippen LogP contribution in [0.4, 0.5) is 5.69 Å². The molecular formula is C29H29NO2. The monoisotopic (exact) mass is 423 g/mol. The maximum atomic E-state index is 6.39. The molecule has 0 amide bonds. The first-order valence-corrected chi connectivity index (χ1v) is 11.1. The topological polar surface area (TPSA) is 30.5 Å². The van der Waals surface area contributed by atoms with Crippen molar-refractivity contribution in [3.05, 3.63) is 114 Å². The lowest BCUT2D eigenvalue weighted by Gasteiger charge is -2.18. The Hall–Kier alpha value is -3.72. The number of fused-ring (bicyclic) bond motifs is 1. The summed E-state index contributed by atoms with van der Waals surface area (Å²) in [6, 6.07) is 29.2. The van der Waals surface area contributed by atoms with Crippen LogP contribution in [0, 0.1) is 0 Å². The quantitative estimate of drug-likeness (QED) is 0.275. The molecule has 0 fully saturated rings. The summed E-state index contributed by atoms with van der Waals surface area (Å²) in [5.74, 6) is 1.57. The van der Waals surface area contributed by atoms with Crippen molar-refractivity contribution in [3.63, 3.8) is 0 Å². The Morgan fingerprint density at radius 1 is 0.844 bits per heavy atom. The first-order chi connectivity index (χ1) is 15.8. The van der Waals surface area contributed by atoms with Crippen LogP contribution in [0.5, 0.6) is 11.5 Å². The maximum absolute atomic E-state index is 6.39. The SMILES string of the molecule is C=CCc1cc(CNc2ccccc2)cc(OCC)c1OCc1cccc2ccccc12. The summed E-state index contributed by atoms with van der Waals surface area (Å²) in [7, 11) is 0. The number of hydrogen-bond acceptors (Lipinski definition) is 3. The third-order valence-electron chi connectivity index (χ3n) is 5.38. The molecule has 0 aliphatic carbocycles. The highest BCUT2D eigenvalue weighted by Gasteiger charge is 2.14. The molecule has 3 nitrogen and oxygen atoms in total. The van der Waals surface area contributed by atoms with Gasteiger partial charge in [0, 0.05) is 17.8 Å². The van der Waals surface area contributed by atoms with Gasteiger partial charge in [-0.3, -0.25) is 0 Å². The summed E-state index contributed by atoms with van der Waals surface area (Å²) in [6.45, 7) is 7.70. The number of anilines is 1. The number of hydrogen-bond donors (Lipinski definition) is 1. The fraction of sp³-hybridized carbons (Fsp3) is 0.172. The maximum Gasteiger partial charge on any atom is 0.165 e. The molecule has 0 radical (unpaired) electrons. The van der Waals surface area contributed by atoms with Crippen LogP contribution in [0.15, 0.2) is 97.6 Å². The van der Waals surface area contributed by atoms with Crippen LogP contribution >= 0.6 is 0 Å². The minimum Gasteiger partial charge on any atom is -0.490 e.